The van der Waals surface area contributed by atoms with E-state index in [-0.39, 0.29) is 11.9 Å². The molecule has 1 aromatic carbocycles. The number of aromatic nitrogens is 1. The lowest BCUT2D eigenvalue weighted by atomic mass is 10.0. The average Bonchev–Trinajstić information content (AvgIpc) is 3.11. The lowest BCUT2D eigenvalue weighted by molar-refractivity contribution is 0.0530. The number of rotatable bonds is 6. The first-order chi connectivity index (χ1) is 16.6. The van der Waals surface area contributed by atoms with Gasteiger partial charge in [0.1, 0.15) is 27.7 Å². The predicted octanol–water partition coefficient (Wildman–Crippen LogP) is 3.86. The van der Waals surface area contributed by atoms with Gasteiger partial charge in [-0.3, -0.25) is 4.79 Å². The molecule has 0 saturated heterocycles. The molecule has 2 aromatic heterocycles. The lowest BCUT2D eigenvalue weighted by Gasteiger charge is -2.26. The van der Waals surface area contributed by atoms with Crippen LogP contribution in [-0.4, -0.2) is 48.3 Å². The number of nitrogen functional groups attached to an aromatic ring is 1. The van der Waals surface area contributed by atoms with Crippen LogP contribution in [0.15, 0.2) is 30.3 Å². The van der Waals surface area contributed by atoms with Crippen LogP contribution < -0.4 is 26.4 Å². The minimum absolute atomic E-state index is 0.161. The Balaban J connectivity index is 1.30. The SMILES string of the molecule is Cc1ccc2c(N)c(C(=O)NC3COc4cc(NCCNC(=O)OC(C)(C)C)ccc4C3)sc2n1. The number of hydrogen-bond donors (Lipinski definition) is 4. The summed E-state index contributed by atoms with van der Waals surface area (Å²) in [5.41, 5.74) is 8.95. The molecule has 3 aromatic rings. The number of carbonyl (C=O) groups excluding carboxylic acids is 2. The minimum Gasteiger partial charge on any atom is -0.491 e. The van der Waals surface area contributed by atoms with Crippen molar-refractivity contribution in [2.45, 2.75) is 45.8 Å². The monoisotopic (exact) mass is 497 g/mol. The van der Waals surface area contributed by atoms with Crippen molar-refractivity contribution in [1.82, 2.24) is 15.6 Å². The maximum atomic E-state index is 12.9. The molecule has 2 amide bonds. The average molecular weight is 498 g/mol. The molecular weight excluding hydrogens is 466 g/mol. The van der Waals surface area contributed by atoms with Crippen molar-refractivity contribution in [3.63, 3.8) is 0 Å². The Kier molecular flexibility index (Phi) is 7.02. The van der Waals surface area contributed by atoms with Crippen molar-refractivity contribution in [2.75, 3.05) is 30.7 Å². The van der Waals surface area contributed by atoms with Gasteiger partial charge in [0.2, 0.25) is 0 Å². The van der Waals surface area contributed by atoms with Crippen LogP contribution in [0.2, 0.25) is 0 Å². The standard InChI is InChI=1S/C25H31N5O4S/c1-14-5-8-18-20(26)21(35-23(18)29-14)22(31)30-17-11-15-6-7-16(12-19(15)33-13-17)27-9-10-28-24(32)34-25(2,3)4/h5-8,12,17,27H,9-11,13,26H2,1-4H3,(H,28,32)(H,30,31). The highest BCUT2D eigenvalue weighted by molar-refractivity contribution is 7.21. The van der Waals surface area contributed by atoms with Gasteiger partial charge in [-0.05, 0) is 57.9 Å². The number of benzene rings is 1. The van der Waals surface area contributed by atoms with Crippen LogP contribution in [0.25, 0.3) is 10.2 Å². The summed E-state index contributed by atoms with van der Waals surface area (Å²) in [4.78, 5) is 30.3. The molecule has 4 rings (SSSR count). The van der Waals surface area contributed by atoms with Crippen molar-refractivity contribution >= 4 is 44.9 Å². The van der Waals surface area contributed by atoms with Gasteiger partial charge in [-0.1, -0.05) is 6.07 Å². The van der Waals surface area contributed by atoms with Gasteiger partial charge in [0.25, 0.3) is 5.91 Å². The summed E-state index contributed by atoms with van der Waals surface area (Å²) >= 11 is 1.30. The van der Waals surface area contributed by atoms with Crippen LogP contribution in [0, 0.1) is 6.92 Å². The lowest BCUT2D eigenvalue weighted by Crippen LogP contribution is -2.42. The van der Waals surface area contributed by atoms with Crippen LogP contribution in [0.1, 0.15) is 41.7 Å². The highest BCUT2D eigenvalue weighted by Gasteiger charge is 2.25. The number of carbonyl (C=O) groups is 2. The second-order valence-corrected chi connectivity index (χ2v) is 10.5. The molecule has 10 heteroatoms. The first-order valence-electron chi connectivity index (χ1n) is 11.5. The molecule has 0 fully saturated rings. The molecule has 35 heavy (non-hydrogen) atoms. The van der Waals surface area contributed by atoms with Gasteiger partial charge in [0, 0.05) is 35.9 Å². The van der Waals surface area contributed by atoms with Gasteiger partial charge in [-0.15, -0.1) is 11.3 Å². The Morgan fingerprint density at radius 3 is 2.80 bits per heavy atom. The fourth-order valence-electron chi connectivity index (χ4n) is 3.77. The minimum atomic E-state index is -0.522. The number of thiophene rings is 1. The predicted molar refractivity (Wildman–Crippen MR) is 138 cm³/mol. The second-order valence-electron chi connectivity index (χ2n) is 9.51. The molecule has 1 atom stereocenters. The molecule has 3 heterocycles. The number of nitrogens with zero attached hydrogens (tertiary/aromatic N) is 1. The molecule has 1 unspecified atom stereocenters. The fraction of sp³-hybridized carbons (Fsp3) is 0.400. The number of aryl methyl sites for hydroxylation is 1. The third kappa shape index (κ3) is 6.13. The number of anilines is 2. The van der Waals surface area contributed by atoms with E-state index in [9.17, 15) is 9.59 Å². The van der Waals surface area contributed by atoms with Gasteiger partial charge < -0.3 is 31.2 Å². The van der Waals surface area contributed by atoms with Crippen molar-refractivity contribution in [3.8, 4) is 5.75 Å². The summed E-state index contributed by atoms with van der Waals surface area (Å²) in [6.07, 6.45) is 0.217. The first-order valence-corrected chi connectivity index (χ1v) is 12.3. The summed E-state index contributed by atoms with van der Waals surface area (Å²) in [6.45, 7) is 8.72. The Morgan fingerprint density at radius 2 is 2.03 bits per heavy atom. The number of fused-ring (bicyclic) bond motifs is 2. The van der Waals surface area contributed by atoms with Crippen molar-refractivity contribution in [2.24, 2.45) is 0 Å². The van der Waals surface area contributed by atoms with Crippen LogP contribution in [0.4, 0.5) is 16.2 Å². The van der Waals surface area contributed by atoms with E-state index in [2.05, 4.69) is 20.9 Å². The number of ether oxygens (including phenoxy) is 2. The van der Waals surface area contributed by atoms with Crippen molar-refractivity contribution < 1.29 is 19.1 Å². The molecule has 0 radical (unpaired) electrons. The number of nitrogens with two attached hydrogens (primary N) is 1. The van der Waals surface area contributed by atoms with E-state index in [1.54, 1.807) is 0 Å². The Hall–Kier alpha value is -3.53. The van der Waals surface area contributed by atoms with Crippen molar-refractivity contribution in [3.05, 3.63) is 46.5 Å². The normalized spacial score (nSPS) is 15.1. The third-order valence-electron chi connectivity index (χ3n) is 5.37. The van der Waals surface area contributed by atoms with E-state index in [1.165, 1.54) is 11.3 Å². The maximum absolute atomic E-state index is 12.9. The highest BCUT2D eigenvalue weighted by Crippen LogP contribution is 2.33. The summed E-state index contributed by atoms with van der Waals surface area (Å²) < 4.78 is 11.2. The molecule has 186 valence electrons. The number of nitrogens with one attached hydrogen (secondary N) is 3. The second kappa shape index (κ2) is 9.99. The molecular formula is C25H31N5O4S. The zero-order valence-corrected chi connectivity index (χ0v) is 21.2. The van der Waals surface area contributed by atoms with E-state index < -0.39 is 11.7 Å². The van der Waals surface area contributed by atoms with Gasteiger partial charge in [-0.2, -0.15) is 0 Å². The molecule has 9 nitrogen and oxygen atoms in total. The van der Waals surface area contributed by atoms with Crippen LogP contribution in [-0.2, 0) is 11.2 Å². The Bertz CT molecular complexity index is 1250. The van der Waals surface area contributed by atoms with Gasteiger partial charge in [0.15, 0.2) is 0 Å². The number of hydrogen-bond acceptors (Lipinski definition) is 8. The molecule has 5 N–H and O–H groups in total. The van der Waals surface area contributed by atoms with Gasteiger partial charge in [-0.25, -0.2) is 9.78 Å². The van der Waals surface area contributed by atoms with Gasteiger partial charge >= 0.3 is 6.09 Å². The van der Waals surface area contributed by atoms with E-state index in [0.717, 1.165) is 32.9 Å². The van der Waals surface area contributed by atoms with Crippen LogP contribution >= 0.6 is 11.3 Å². The molecule has 1 aliphatic rings. The summed E-state index contributed by atoms with van der Waals surface area (Å²) in [5.74, 6) is 0.567. The fourth-order valence-corrected chi connectivity index (χ4v) is 4.81. The zero-order valence-electron chi connectivity index (χ0n) is 20.4. The number of pyridine rings is 1. The summed E-state index contributed by atoms with van der Waals surface area (Å²) in [7, 11) is 0. The zero-order chi connectivity index (χ0) is 25.2. The van der Waals surface area contributed by atoms with E-state index >= 15 is 0 Å². The smallest absolute Gasteiger partial charge is 0.407 e. The maximum Gasteiger partial charge on any atom is 0.407 e. The van der Waals surface area contributed by atoms with E-state index in [4.69, 9.17) is 15.2 Å². The third-order valence-corrected chi connectivity index (χ3v) is 6.48. The Labute approximate surface area is 208 Å². The van der Waals surface area contributed by atoms with Crippen LogP contribution in [0.3, 0.4) is 0 Å². The quantitative estimate of drug-likeness (QED) is 0.381. The molecule has 0 aliphatic carbocycles. The molecule has 0 saturated carbocycles. The van der Waals surface area contributed by atoms with E-state index in [0.29, 0.717) is 36.7 Å². The molecule has 0 spiro atoms. The largest absolute Gasteiger partial charge is 0.491 e. The van der Waals surface area contributed by atoms with E-state index in [1.807, 2.05) is 58.0 Å². The van der Waals surface area contributed by atoms with Crippen molar-refractivity contribution in [1.29, 1.82) is 0 Å². The molecule has 1 aliphatic heterocycles. The molecule has 0 bridgehead atoms. The van der Waals surface area contributed by atoms with Gasteiger partial charge in [0.05, 0.1) is 11.7 Å². The first kappa shape index (κ1) is 24.6. The Morgan fingerprint density at radius 1 is 1.23 bits per heavy atom. The highest BCUT2D eigenvalue weighted by atomic mass is 32.1. The summed E-state index contributed by atoms with van der Waals surface area (Å²) in [6, 6.07) is 9.50. The topological polar surface area (TPSA) is 128 Å². The van der Waals surface area contributed by atoms with Crippen LogP contribution in [0.5, 0.6) is 5.75 Å². The number of alkyl carbamates (subject to hydrolysis) is 1. The number of amides is 2. The summed E-state index contributed by atoms with van der Waals surface area (Å²) in [5, 5.41) is 9.83.